The highest BCUT2D eigenvalue weighted by molar-refractivity contribution is 6.18. The summed E-state index contributed by atoms with van der Waals surface area (Å²) >= 11 is 5.69. The number of hydrogen-bond donors (Lipinski definition) is 6. The Morgan fingerprint density at radius 1 is 0.578 bits per heavy atom. The van der Waals surface area contributed by atoms with Crippen LogP contribution in [0, 0.1) is 92.7 Å². The lowest BCUT2D eigenvalue weighted by Gasteiger charge is -2.62. The van der Waals surface area contributed by atoms with Crippen LogP contribution in [-0.2, 0) is 9.59 Å². The average Bonchev–Trinajstić information content (AvgIpc) is 3.79. The third-order valence-corrected chi connectivity index (χ3v) is 21.6. The number of amides is 2. The largest absolute Gasteiger partial charge is 0.405 e. The maximum Gasteiger partial charge on any atom is 0.405 e. The van der Waals surface area contributed by atoms with Gasteiger partial charge in [0, 0.05) is 25.3 Å². The van der Waals surface area contributed by atoms with E-state index in [1.54, 1.807) is 0 Å². The zero-order valence-corrected chi connectivity index (χ0v) is 40.9. The van der Waals surface area contributed by atoms with Crippen molar-refractivity contribution in [3.8, 4) is 0 Å². The number of carbonyl (C=O) groups excluding carboxylic acids is 2. The van der Waals surface area contributed by atoms with Crippen LogP contribution in [0.25, 0.3) is 0 Å². The average molecular weight is 928 g/mol. The fourth-order valence-electron chi connectivity index (χ4n) is 18.2. The zero-order chi connectivity index (χ0) is 46.6. The Balaban J connectivity index is 0.000000192. The predicted octanol–water partition coefficient (Wildman–Crippen LogP) is 9.82. The molecule has 6 N–H and O–H groups in total. The molecule has 0 saturated heterocycles. The molecule has 8 aliphatic rings. The van der Waals surface area contributed by atoms with Gasteiger partial charge in [0.2, 0.25) is 11.8 Å². The summed E-state index contributed by atoms with van der Waals surface area (Å²) in [5.41, 5.74) is 0.792. The lowest BCUT2D eigenvalue weighted by Crippen LogP contribution is -2.58. The van der Waals surface area contributed by atoms with Crippen LogP contribution in [-0.4, -0.2) is 81.8 Å². The number of rotatable bonds is 11. The Kier molecular flexibility index (Phi) is 15.6. The van der Waals surface area contributed by atoms with E-state index in [4.69, 9.17) is 11.6 Å². The van der Waals surface area contributed by atoms with Gasteiger partial charge < -0.3 is 31.1 Å². The quantitative estimate of drug-likeness (QED) is 0.114. The first-order valence-corrected chi connectivity index (χ1v) is 26.5. The first-order chi connectivity index (χ1) is 30.1. The van der Waals surface area contributed by atoms with Gasteiger partial charge in [0.25, 0.3) is 0 Å². The number of nitrogens with one attached hydrogen (secondary N) is 2. The number of aliphatic hydroxyl groups is 4. The molecular formula is C52H86ClF3N2O6. The zero-order valence-electron chi connectivity index (χ0n) is 40.1. The van der Waals surface area contributed by atoms with E-state index in [0.29, 0.717) is 83.9 Å². The smallest absolute Gasteiger partial charge is 0.393 e. The highest BCUT2D eigenvalue weighted by Gasteiger charge is 2.64. The summed E-state index contributed by atoms with van der Waals surface area (Å²) in [6.45, 7) is 13.5. The summed E-state index contributed by atoms with van der Waals surface area (Å²) in [4.78, 5) is 24.0. The van der Waals surface area contributed by atoms with E-state index in [-0.39, 0.29) is 70.7 Å². The summed E-state index contributed by atoms with van der Waals surface area (Å²) in [6.07, 6.45) is 13.5. The summed E-state index contributed by atoms with van der Waals surface area (Å²) in [6, 6.07) is 0. The molecule has 0 spiro atoms. The lowest BCUT2D eigenvalue weighted by molar-refractivity contribution is -0.172. The number of fused-ring (bicyclic) bond motifs is 10. The molecular weight excluding hydrogens is 841 g/mol. The van der Waals surface area contributed by atoms with E-state index in [9.17, 15) is 43.2 Å². The van der Waals surface area contributed by atoms with Gasteiger partial charge in [-0.15, -0.1) is 11.6 Å². The van der Waals surface area contributed by atoms with Crippen molar-refractivity contribution in [3.05, 3.63) is 0 Å². The first-order valence-electron chi connectivity index (χ1n) is 25.9. The van der Waals surface area contributed by atoms with Crippen LogP contribution in [0.1, 0.15) is 170 Å². The van der Waals surface area contributed by atoms with Crippen molar-refractivity contribution in [2.45, 2.75) is 201 Å². The molecule has 368 valence electrons. The van der Waals surface area contributed by atoms with Gasteiger partial charge in [0.15, 0.2) is 0 Å². The van der Waals surface area contributed by atoms with Gasteiger partial charge in [-0.2, -0.15) is 13.2 Å². The molecule has 12 heteroatoms. The van der Waals surface area contributed by atoms with Crippen LogP contribution in [0.4, 0.5) is 13.2 Å². The number of hydrogen-bond acceptors (Lipinski definition) is 6. The molecule has 2 amide bonds. The third-order valence-electron chi connectivity index (χ3n) is 21.4. The van der Waals surface area contributed by atoms with Crippen LogP contribution < -0.4 is 10.6 Å². The normalized spacial score (nSPS) is 46.9. The number of alkyl halides is 4. The summed E-state index contributed by atoms with van der Waals surface area (Å²) < 4.78 is 37.1. The molecule has 14 unspecified atom stereocenters. The molecule has 0 aromatic heterocycles. The second-order valence-corrected chi connectivity index (χ2v) is 24.7. The van der Waals surface area contributed by atoms with Gasteiger partial charge in [-0.1, -0.05) is 41.5 Å². The maximum absolute atomic E-state index is 12.4. The van der Waals surface area contributed by atoms with E-state index in [2.05, 4.69) is 46.9 Å². The Morgan fingerprint density at radius 2 is 0.969 bits per heavy atom. The minimum absolute atomic E-state index is 0.100. The molecule has 0 radical (unpaired) electrons. The maximum atomic E-state index is 12.4. The molecule has 8 aliphatic carbocycles. The number of halogens is 4. The molecule has 8 saturated carbocycles. The van der Waals surface area contributed by atoms with Gasteiger partial charge in [-0.05, 0) is 208 Å². The topological polar surface area (TPSA) is 139 Å². The summed E-state index contributed by atoms with van der Waals surface area (Å²) in [7, 11) is 0. The molecule has 0 heterocycles. The van der Waals surface area contributed by atoms with Crippen LogP contribution in [0.15, 0.2) is 0 Å². The molecule has 0 aromatic rings. The number of carbonyl (C=O) groups is 2. The third kappa shape index (κ3) is 9.84. The van der Waals surface area contributed by atoms with Crippen molar-refractivity contribution in [2.24, 2.45) is 92.7 Å². The standard InChI is InChI=1S/C26H44ClNO3.C26H42F3NO3/c1-16(4-7-24(31)28-13-12-27)19-5-6-20-18-15-23(30)22-14-17(29)8-10-26(22,3)21(18)9-11-25(19,20)2;1-15(4-7-23(33)30-14-26(27,28)29)18-5-6-19-17-13-22(32)21-12-16(31)8-10-25(21,3)20(17)9-11-24(18,19)2/h16-23,29-30H,4-15H2,1-3H3,(H,28,31);15-22,31-32H,4-14H2,1-3H3,(H,30,33)/t16?,17-,18?,19?,20?,21?,22+,23+,25?,26?;15?,16-,17?,18?,19?,20?,21+,22+,24?,25?/m11/s1. The molecule has 20 atom stereocenters. The monoisotopic (exact) mass is 927 g/mol. The highest BCUT2D eigenvalue weighted by atomic mass is 35.5. The minimum atomic E-state index is -4.37. The summed E-state index contributed by atoms with van der Waals surface area (Å²) in [5, 5.41) is 47.7. The van der Waals surface area contributed by atoms with Gasteiger partial charge in [-0.3, -0.25) is 9.59 Å². The molecule has 0 aromatic carbocycles. The predicted molar refractivity (Wildman–Crippen MR) is 245 cm³/mol. The van der Waals surface area contributed by atoms with Crippen LogP contribution >= 0.6 is 11.6 Å². The SMILES string of the molecule is CC(CCC(=O)NCC(F)(F)F)C1CCC2C3C[C@H](O)[C@@H]4C[C@H](O)CCC4(C)C3CCC12C.CC(CCC(=O)NCCCl)C1CCC2C3C[C@H](O)[C@@H]4C[C@H](O)CCC4(C)C3CCC12C. The van der Waals surface area contributed by atoms with Gasteiger partial charge in [0.1, 0.15) is 6.54 Å². The highest BCUT2D eigenvalue weighted by Crippen LogP contribution is 2.70. The van der Waals surface area contributed by atoms with Crippen LogP contribution in [0.5, 0.6) is 0 Å². The molecule has 64 heavy (non-hydrogen) atoms. The fourth-order valence-corrected chi connectivity index (χ4v) is 18.3. The van der Waals surface area contributed by atoms with E-state index in [1.807, 2.05) is 5.32 Å². The minimum Gasteiger partial charge on any atom is -0.393 e. The van der Waals surface area contributed by atoms with E-state index in [0.717, 1.165) is 83.5 Å². The fraction of sp³-hybridized carbons (Fsp3) is 0.962. The molecule has 0 aliphatic heterocycles. The van der Waals surface area contributed by atoms with E-state index < -0.39 is 18.6 Å². The Labute approximate surface area is 388 Å². The Hall–Kier alpha value is -1.14. The van der Waals surface area contributed by atoms with E-state index >= 15 is 0 Å². The van der Waals surface area contributed by atoms with Crippen LogP contribution in [0.2, 0.25) is 0 Å². The molecule has 0 bridgehead atoms. The van der Waals surface area contributed by atoms with Crippen LogP contribution in [0.3, 0.4) is 0 Å². The van der Waals surface area contributed by atoms with Crippen molar-refractivity contribution < 1.29 is 43.2 Å². The number of aliphatic hydroxyl groups excluding tert-OH is 4. The molecule has 8 nitrogen and oxygen atoms in total. The molecule has 8 fully saturated rings. The first kappa shape index (κ1) is 50.7. The summed E-state index contributed by atoms with van der Waals surface area (Å²) in [5.74, 6) is 6.19. The second kappa shape index (κ2) is 19.7. The van der Waals surface area contributed by atoms with Crippen molar-refractivity contribution in [3.63, 3.8) is 0 Å². The van der Waals surface area contributed by atoms with Gasteiger partial charge >= 0.3 is 6.18 Å². The van der Waals surface area contributed by atoms with Crippen molar-refractivity contribution in [1.82, 2.24) is 10.6 Å². The van der Waals surface area contributed by atoms with Crippen molar-refractivity contribution in [1.29, 1.82) is 0 Å². The molecule has 8 rings (SSSR count). The van der Waals surface area contributed by atoms with Crippen molar-refractivity contribution in [2.75, 3.05) is 19.0 Å². The second-order valence-electron chi connectivity index (χ2n) is 24.4. The van der Waals surface area contributed by atoms with Crippen molar-refractivity contribution >= 4 is 23.4 Å². The van der Waals surface area contributed by atoms with E-state index in [1.165, 1.54) is 25.7 Å². The Bertz CT molecular complexity index is 1620. The van der Waals surface area contributed by atoms with Gasteiger partial charge in [-0.25, -0.2) is 0 Å². The van der Waals surface area contributed by atoms with Gasteiger partial charge in [0.05, 0.1) is 24.4 Å². The Morgan fingerprint density at radius 3 is 1.38 bits per heavy atom. The lowest BCUT2D eigenvalue weighted by atomic mass is 9.43.